The van der Waals surface area contributed by atoms with E-state index in [9.17, 15) is 9.59 Å². The van der Waals surface area contributed by atoms with Crippen LogP contribution in [0.2, 0.25) is 0 Å². The minimum Gasteiger partial charge on any atom is -0.381 e. The summed E-state index contributed by atoms with van der Waals surface area (Å²) in [6.07, 6.45) is 2.72. The van der Waals surface area contributed by atoms with Gasteiger partial charge in [-0.15, -0.1) is 0 Å². The molecule has 0 unspecified atom stereocenters. The predicted octanol–water partition coefficient (Wildman–Crippen LogP) is 5.24. The number of unbranched alkanes of at least 4 members (excludes halogenated alkanes) is 1. The number of carbonyl (C=O) groups is 2. The molecule has 182 valence electrons. The topological polar surface area (TPSA) is 61.9 Å². The van der Waals surface area contributed by atoms with Crippen LogP contribution >= 0.6 is 0 Å². The Morgan fingerprint density at radius 2 is 1.50 bits per heavy atom. The third kappa shape index (κ3) is 6.06. The lowest BCUT2D eigenvalue weighted by Gasteiger charge is -2.21. The summed E-state index contributed by atoms with van der Waals surface area (Å²) in [5, 5.41) is 3.25. The van der Waals surface area contributed by atoms with Crippen LogP contribution in [0.1, 0.15) is 51.2 Å². The Bertz CT molecular complexity index is 993. The van der Waals surface area contributed by atoms with Gasteiger partial charge in [0.15, 0.2) is 0 Å². The second-order valence-corrected chi connectivity index (χ2v) is 8.54. The van der Waals surface area contributed by atoms with Crippen LogP contribution in [0.5, 0.6) is 0 Å². The molecule has 1 N–H and O–H groups in total. The lowest BCUT2D eigenvalue weighted by Crippen LogP contribution is -2.34. The quantitative estimate of drug-likeness (QED) is 0.325. The van der Waals surface area contributed by atoms with Crippen LogP contribution in [-0.2, 0) is 14.3 Å². The van der Waals surface area contributed by atoms with Crippen molar-refractivity contribution in [2.45, 2.75) is 47.0 Å². The Morgan fingerprint density at radius 3 is 2.12 bits per heavy atom. The van der Waals surface area contributed by atoms with Crippen molar-refractivity contribution in [2.24, 2.45) is 0 Å². The van der Waals surface area contributed by atoms with E-state index in [1.807, 2.05) is 55.5 Å². The summed E-state index contributed by atoms with van der Waals surface area (Å²) >= 11 is 0. The van der Waals surface area contributed by atoms with Crippen molar-refractivity contribution in [3.8, 4) is 0 Å². The van der Waals surface area contributed by atoms with Crippen LogP contribution in [0.15, 0.2) is 54.2 Å². The van der Waals surface area contributed by atoms with Gasteiger partial charge < -0.3 is 15.0 Å². The SMILES string of the molecule is CCCCOCCCN1C(=O)C(Nc2ccc(N(CC)CC)cc2)=C(c2ccc(C)cc2)C1=O. The van der Waals surface area contributed by atoms with E-state index in [-0.39, 0.29) is 11.8 Å². The smallest absolute Gasteiger partial charge is 0.278 e. The van der Waals surface area contributed by atoms with Gasteiger partial charge in [-0.25, -0.2) is 0 Å². The van der Waals surface area contributed by atoms with E-state index in [1.54, 1.807) is 0 Å². The van der Waals surface area contributed by atoms with E-state index in [0.29, 0.717) is 37.4 Å². The number of nitrogens with zero attached hydrogens (tertiary/aromatic N) is 2. The van der Waals surface area contributed by atoms with E-state index >= 15 is 0 Å². The number of hydrogen-bond acceptors (Lipinski definition) is 5. The van der Waals surface area contributed by atoms with Crippen LogP contribution in [-0.4, -0.2) is 49.6 Å². The first-order valence-electron chi connectivity index (χ1n) is 12.4. The highest BCUT2D eigenvalue weighted by atomic mass is 16.5. The molecule has 0 radical (unpaired) electrons. The maximum atomic E-state index is 13.3. The average Bonchev–Trinajstić information content (AvgIpc) is 3.07. The zero-order valence-electron chi connectivity index (χ0n) is 20.9. The minimum atomic E-state index is -0.290. The largest absolute Gasteiger partial charge is 0.381 e. The molecular formula is C28H37N3O3. The number of benzene rings is 2. The van der Waals surface area contributed by atoms with E-state index in [1.165, 1.54) is 4.90 Å². The zero-order chi connectivity index (χ0) is 24.5. The fourth-order valence-electron chi connectivity index (χ4n) is 4.04. The number of imide groups is 1. The molecule has 2 amide bonds. The summed E-state index contributed by atoms with van der Waals surface area (Å²) in [6.45, 7) is 11.8. The molecule has 2 aromatic rings. The third-order valence-electron chi connectivity index (χ3n) is 6.09. The first-order valence-corrected chi connectivity index (χ1v) is 12.4. The number of ether oxygens (including phenoxy) is 1. The number of anilines is 2. The highest BCUT2D eigenvalue weighted by Crippen LogP contribution is 2.31. The van der Waals surface area contributed by atoms with E-state index in [4.69, 9.17) is 4.74 Å². The zero-order valence-corrected chi connectivity index (χ0v) is 20.9. The third-order valence-corrected chi connectivity index (χ3v) is 6.09. The van der Waals surface area contributed by atoms with Crippen molar-refractivity contribution >= 4 is 28.8 Å². The van der Waals surface area contributed by atoms with Crippen molar-refractivity contribution in [1.82, 2.24) is 4.90 Å². The second-order valence-electron chi connectivity index (χ2n) is 8.54. The number of aryl methyl sites for hydroxylation is 1. The number of nitrogens with one attached hydrogen (secondary N) is 1. The summed E-state index contributed by atoms with van der Waals surface area (Å²) in [5.41, 5.74) is 4.50. The van der Waals surface area contributed by atoms with Crippen LogP contribution in [0, 0.1) is 6.92 Å². The summed E-state index contributed by atoms with van der Waals surface area (Å²) in [5.74, 6) is -0.549. The van der Waals surface area contributed by atoms with Crippen LogP contribution in [0.4, 0.5) is 11.4 Å². The Kier molecular flexibility index (Phi) is 9.28. The lowest BCUT2D eigenvalue weighted by atomic mass is 10.0. The molecule has 0 saturated heterocycles. The molecule has 0 aromatic heterocycles. The van der Waals surface area contributed by atoms with Gasteiger partial charge in [-0.1, -0.05) is 43.2 Å². The van der Waals surface area contributed by atoms with Crippen molar-refractivity contribution in [3.05, 3.63) is 65.4 Å². The molecule has 0 aliphatic carbocycles. The molecule has 6 nitrogen and oxygen atoms in total. The van der Waals surface area contributed by atoms with E-state index < -0.39 is 0 Å². The Morgan fingerprint density at radius 1 is 0.853 bits per heavy atom. The molecule has 2 aromatic carbocycles. The van der Waals surface area contributed by atoms with Gasteiger partial charge in [0.2, 0.25) is 0 Å². The van der Waals surface area contributed by atoms with Crippen LogP contribution in [0.3, 0.4) is 0 Å². The molecule has 6 heteroatoms. The molecular weight excluding hydrogens is 426 g/mol. The monoisotopic (exact) mass is 463 g/mol. The van der Waals surface area contributed by atoms with Crippen molar-refractivity contribution in [3.63, 3.8) is 0 Å². The Labute approximate surface area is 203 Å². The molecule has 34 heavy (non-hydrogen) atoms. The lowest BCUT2D eigenvalue weighted by molar-refractivity contribution is -0.137. The first-order chi connectivity index (χ1) is 16.5. The minimum absolute atomic E-state index is 0.260. The maximum absolute atomic E-state index is 13.3. The summed E-state index contributed by atoms with van der Waals surface area (Å²) < 4.78 is 5.62. The van der Waals surface area contributed by atoms with Crippen LogP contribution in [0.25, 0.3) is 5.57 Å². The average molecular weight is 464 g/mol. The highest BCUT2D eigenvalue weighted by molar-refractivity contribution is 6.36. The standard InChI is InChI=1S/C28H37N3O3/c1-5-8-19-34-20-9-18-31-27(32)25(22-12-10-21(4)11-13-22)26(28(31)33)29-23-14-16-24(17-15-23)30(6-2)7-3/h10-17,29H,5-9,18-20H2,1-4H3. The molecule has 0 fully saturated rings. The Balaban J connectivity index is 1.82. The molecule has 0 spiro atoms. The molecule has 0 saturated carbocycles. The van der Waals surface area contributed by atoms with Gasteiger partial charge in [-0.2, -0.15) is 0 Å². The highest BCUT2D eigenvalue weighted by Gasteiger charge is 2.38. The number of amides is 2. The summed E-state index contributed by atoms with van der Waals surface area (Å²) in [4.78, 5) is 30.3. The second kappa shape index (κ2) is 12.4. The van der Waals surface area contributed by atoms with E-state index in [0.717, 1.165) is 48.4 Å². The van der Waals surface area contributed by atoms with Gasteiger partial charge >= 0.3 is 0 Å². The van der Waals surface area contributed by atoms with Gasteiger partial charge in [-0.05, 0) is 63.4 Å². The van der Waals surface area contributed by atoms with Crippen LogP contribution < -0.4 is 10.2 Å². The van der Waals surface area contributed by atoms with Crippen molar-refractivity contribution in [2.75, 3.05) is 43.1 Å². The van der Waals surface area contributed by atoms with Gasteiger partial charge in [0.25, 0.3) is 11.8 Å². The van der Waals surface area contributed by atoms with Gasteiger partial charge in [0, 0.05) is 44.2 Å². The van der Waals surface area contributed by atoms with Gasteiger partial charge in [0.1, 0.15) is 5.70 Å². The number of carbonyl (C=O) groups excluding carboxylic acids is 2. The normalized spacial score (nSPS) is 13.7. The molecule has 1 heterocycles. The molecule has 3 rings (SSSR count). The fraction of sp³-hybridized carbons (Fsp3) is 0.429. The van der Waals surface area contributed by atoms with Gasteiger partial charge in [-0.3, -0.25) is 14.5 Å². The van der Waals surface area contributed by atoms with Crippen molar-refractivity contribution in [1.29, 1.82) is 0 Å². The molecule has 0 atom stereocenters. The van der Waals surface area contributed by atoms with Gasteiger partial charge in [0.05, 0.1) is 5.57 Å². The first kappa shape index (κ1) is 25.5. The molecule has 1 aliphatic rings. The predicted molar refractivity (Wildman–Crippen MR) is 139 cm³/mol. The van der Waals surface area contributed by atoms with Crippen molar-refractivity contribution < 1.29 is 14.3 Å². The summed E-state index contributed by atoms with van der Waals surface area (Å²) in [6, 6.07) is 15.7. The summed E-state index contributed by atoms with van der Waals surface area (Å²) in [7, 11) is 0. The maximum Gasteiger partial charge on any atom is 0.278 e. The number of hydrogen-bond donors (Lipinski definition) is 1. The van der Waals surface area contributed by atoms with E-state index in [2.05, 4.69) is 31.0 Å². The molecule has 1 aliphatic heterocycles. The Hall–Kier alpha value is -3.12. The number of rotatable bonds is 13. The molecule has 0 bridgehead atoms. The fourth-order valence-corrected chi connectivity index (χ4v) is 4.04.